The second-order valence-corrected chi connectivity index (χ2v) is 4.61. The van der Waals surface area contributed by atoms with Gasteiger partial charge in [0, 0.05) is 10.8 Å². The van der Waals surface area contributed by atoms with E-state index >= 15 is 0 Å². The SMILES string of the molecule is CC(C)(C)C(O)(C#CCl)Cn1cncn1. The third kappa shape index (κ3) is 2.71. The Morgan fingerprint density at radius 1 is 1.47 bits per heavy atom. The first-order chi connectivity index (χ1) is 6.89. The molecule has 1 heterocycles. The van der Waals surface area contributed by atoms with Crippen molar-refractivity contribution in [1.82, 2.24) is 14.8 Å². The molecule has 82 valence electrons. The maximum absolute atomic E-state index is 10.4. The zero-order valence-corrected chi connectivity index (χ0v) is 9.78. The maximum Gasteiger partial charge on any atom is 0.150 e. The number of aromatic nitrogens is 3. The van der Waals surface area contributed by atoms with Gasteiger partial charge in [-0.15, -0.1) is 0 Å². The summed E-state index contributed by atoms with van der Waals surface area (Å²) in [6.07, 6.45) is 2.95. The Labute approximate surface area is 94.3 Å². The summed E-state index contributed by atoms with van der Waals surface area (Å²) in [6.45, 7) is 5.93. The van der Waals surface area contributed by atoms with Crippen LogP contribution in [0.5, 0.6) is 0 Å². The molecule has 0 fully saturated rings. The zero-order chi connectivity index (χ0) is 11.5. The van der Waals surface area contributed by atoms with Crippen molar-refractivity contribution in [1.29, 1.82) is 0 Å². The highest BCUT2D eigenvalue weighted by Gasteiger charge is 2.39. The Kier molecular flexibility index (Phi) is 3.38. The van der Waals surface area contributed by atoms with Crippen LogP contribution in [-0.2, 0) is 6.54 Å². The third-order valence-electron chi connectivity index (χ3n) is 2.35. The average molecular weight is 228 g/mol. The van der Waals surface area contributed by atoms with Crippen molar-refractivity contribution in [3.8, 4) is 11.3 Å². The molecule has 0 aromatic carbocycles. The molecule has 0 aliphatic heterocycles. The molecule has 1 aromatic rings. The van der Waals surface area contributed by atoms with E-state index in [-0.39, 0.29) is 6.54 Å². The van der Waals surface area contributed by atoms with Gasteiger partial charge in [-0.05, 0) is 17.5 Å². The molecule has 0 saturated carbocycles. The van der Waals surface area contributed by atoms with Crippen molar-refractivity contribution in [2.75, 3.05) is 0 Å². The van der Waals surface area contributed by atoms with Gasteiger partial charge in [-0.25, -0.2) is 9.67 Å². The van der Waals surface area contributed by atoms with Gasteiger partial charge in [-0.2, -0.15) is 5.10 Å². The van der Waals surface area contributed by atoms with Crippen molar-refractivity contribution in [3.05, 3.63) is 12.7 Å². The molecule has 1 unspecified atom stereocenters. The minimum Gasteiger partial charge on any atom is -0.375 e. The Hall–Kier alpha value is -1.05. The van der Waals surface area contributed by atoms with E-state index in [4.69, 9.17) is 11.6 Å². The van der Waals surface area contributed by atoms with Crippen LogP contribution >= 0.6 is 11.6 Å². The van der Waals surface area contributed by atoms with Crippen LogP contribution in [0.2, 0.25) is 0 Å². The highest BCUT2D eigenvalue weighted by Crippen LogP contribution is 2.31. The Morgan fingerprint density at radius 3 is 2.53 bits per heavy atom. The lowest BCUT2D eigenvalue weighted by Crippen LogP contribution is -2.45. The van der Waals surface area contributed by atoms with Crippen LogP contribution in [0.15, 0.2) is 12.7 Å². The molecule has 1 N–H and O–H groups in total. The fourth-order valence-corrected chi connectivity index (χ4v) is 1.25. The quantitative estimate of drug-likeness (QED) is 0.774. The molecular formula is C10H14ClN3O. The number of hydrogen-bond acceptors (Lipinski definition) is 3. The second-order valence-electron chi connectivity index (χ2n) is 4.42. The van der Waals surface area contributed by atoms with E-state index in [1.807, 2.05) is 20.8 Å². The first-order valence-electron chi connectivity index (χ1n) is 4.57. The monoisotopic (exact) mass is 227 g/mol. The smallest absolute Gasteiger partial charge is 0.150 e. The van der Waals surface area contributed by atoms with Crippen molar-refractivity contribution in [2.24, 2.45) is 5.41 Å². The number of rotatable bonds is 2. The predicted molar refractivity (Wildman–Crippen MR) is 58.1 cm³/mol. The predicted octanol–water partition coefficient (Wildman–Crippen LogP) is 1.25. The molecule has 0 bridgehead atoms. The van der Waals surface area contributed by atoms with E-state index in [0.717, 1.165) is 0 Å². The van der Waals surface area contributed by atoms with Crippen LogP contribution in [-0.4, -0.2) is 25.5 Å². The summed E-state index contributed by atoms with van der Waals surface area (Å²) in [5.74, 6) is 2.62. The van der Waals surface area contributed by atoms with E-state index < -0.39 is 11.0 Å². The van der Waals surface area contributed by atoms with Gasteiger partial charge in [0.2, 0.25) is 0 Å². The van der Waals surface area contributed by atoms with Gasteiger partial charge < -0.3 is 5.11 Å². The van der Waals surface area contributed by atoms with Gasteiger partial charge in [-0.1, -0.05) is 20.8 Å². The molecule has 1 rings (SSSR count). The summed E-state index contributed by atoms with van der Waals surface area (Å²) in [5.41, 5.74) is -1.64. The fraction of sp³-hybridized carbons (Fsp3) is 0.600. The minimum absolute atomic E-state index is 0.246. The number of aliphatic hydroxyl groups is 1. The fourth-order valence-electron chi connectivity index (χ4n) is 1.09. The van der Waals surface area contributed by atoms with Crippen LogP contribution < -0.4 is 0 Å². The zero-order valence-electron chi connectivity index (χ0n) is 9.03. The second kappa shape index (κ2) is 4.21. The van der Waals surface area contributed by atoms with Crippen molar-refractivity contribution < 1.29 is 5.11 Å². The molecule has 0 aliphatic carbocycles. The first-order valence-corrected chi connectivity index (χ1v) is 4.94. The largest absolute Gasteiger partial charge is 0.375 e. The lowest BCUT2D eigenvalue weighted by Gasteiger charge is -2.35. The highest BCUT2D eigenvalue weighted by molar-refractivity contribution is 6.30. The van der Waals surface area contributed by atoms with Gasteiger partial charge in [0.15, 0.2) is 5.60 Å². The van der Waals surface area contributed by atoms with Gasteiger partial charge in [0.05, 0.1) is 6.54 Å². The summed E-state index contributed by atoms with van der Waals surface area (Å²) < 4.78 is 1.53. The molecule has 4 nitrogen and oxygen atoms in total. The molecule has 0 saturated heterocycles. The van der Waals surface area contributed by atoms with E-state index in [9.17, 15) is 5.11 Å². The number of hydrogen-bond donors (Lipinski definition) is 1. The summed E-state index contributed by atoms with van der Waals surface area (Å²) in [6, 6.07) is 0. The minimum atomic E-state index is -1.22. The molecular weight excluding hydrogens is 214 g/mol. The van der Waals surface area contributed by atoms with Crippen molar-refractivity contribution in [3.63, 3.8) is 0 Å². The lowest BCUT2D eigenvalue weighted by atomic mass is 9.77. The first kappa shape index (κ1) is 12.0. The van der Waals surface area contributed by atoms with Crippen LogP contribution in [0, 0.1) is 16.7 Å². The van der Waals surface area contributed by atoms with E-state index in [0.29, 0.717) is 0 Å². The van der Waals surface area contributed by atoms with Crippen molar-refractivity contribution >= 4 is 11.6 Å². The normalized spacial score (nSPS) is 15.3. The van der Waals surface area contributed by atoms with Gasteiger partial charge in [0.1, 0.15) is 12.7 Å². The third-order valence-corrected chi connectivity index (χ3v) is 2.45. The van der Waals surface area contributed by atoms with E-state index in [1.165, 1.54) is 17.3 Å². The van der Waals surface area contributed by atoms with Crippen LogP contribution in [0.4, 0.5) is 0 Å². The lowest BCUT2D eigenvalue weighted by molar-refractivity contribution is -0.0214. The van der Waals surface area contributed by atoms with Crippen LogP contribution in [0.3, 0.4) is 0 Å². The summed E-state index contributed by atoms with van der Waals surface area (Å²) in [4.78, 5) is 3.81. The Balaban J connectivity index is 2.96. The molecule has 0 radical (unpaired) electrons. The van der Waals surface area contributed by atoms with E-state index in [1.54, 1.807) is 0 Å². The standard InChI is InChI=1S/C10H14ClN3O/c1-9(2,3)10(15,4-5-11)6-14-8-12-7-13-14/h7-8,15H,6H2,1-3H3. The summed E-state index contributed by atoms with van der Waals surface area (Å²) >= 11 is 5.37. The van der Waals surface area contributed by atoms with Crippen molar-refractivity contribution in [2.45, 2.75) is 32.9 Å². The highest BCUT2D eigenvalue weighted by atomic mass is 35.5. The summed E-state index contributed by atoms with van der Waals surface area (Å²) in [7, 11) is 0. The Morgan fingerprint density at radius 2 is 2.13 bits per heavy atom. The molecule has 5 heteroatoms. The number of nitrogens with zero attached hydrogens (tertiary/aromatic N) is 3. The topological polar surface area (TPSA) is 50.9 Å². The van der Waals surface area contributed by atoms with Crippen LogP contribution in [0.25, 0.3) is 0 Å². The molecule has 1 atom stereocenters. The maximum atomic E-state index is 10.4. The molecule has 0 amide bonds. The van der Waals surface area contributed by atoms with Crippen LogP contribution in [0.1, 0.15) is 20.8 Å². The van der Waals surface area contributed by atoms with Gasteiger partial charge >= 0.3 is 0 Å². The van der Waals surface area contributed by atoms with E-state index in [2.05, 4.69) is 21.4 Å². The molecule has 0 spiro atoms. The average Bonchev–Trinajstić information content (AvgIpc) is 2.55. The molecule has 0 aliphatic rings. The number of halogens is 1. The molecule has 15 heavy (non-hydrogen) atoms. The van der Waals surface area contributed by atoms with Gasteiger partial charge in [0.25, 0.3) is 0 Å². The summed E-state index contributed by atoms with van der Waals surface area (Å²) in [5, 5.41) is 16.5. The molecule has 1 aromatic heterocycles. The van der Waals surface area contributed by atoms with Gasteiger partial charge in [-0.3, -0.25) is 0 Å². The Bertz CT molecular complexity index is 372.